The first kappa shape index (κ1) is 28.6. The third kappa shape index (κ3) is 6.50. The standard InChI is InChI=1S/C34H29N3O4S/c1-22(2)24-17-15-23(16-18-24)19-30(36-31(38)25-9-4-3-5-10-25)32(39)35-26-11-8-12-27(20-26)42-21-37-33(40)28-13-6-7-14-29(28)34(37)41/h3-20,22H,21H2,1-2H3,(H,35,39)(H,36,38)/b30-19+. The molecule has 0 saturated carbocycles. The van der Waals surface area contributed by atoms with E-state index in [0.29, 0.717) is 28.3 Å². The second kappa shape index (κ2) is 12.7. The van der Waals surface area contributed by atoms with Crippen LogP contribution in [0.5, 0.6) is 0 Å². The van der Waals surface area contributed by atoms with Crippen LogP contribution in [0.25, 0.3) is 6.08 Å². The first-order chi connectivity index (χ1) is 20.3. The fourth-order valence-corrected chi connectivity index (χ4v) is 5.34. The molecule has 0 bridgehead atoms. The highest BCUT2D eigenvalue weighted by molar-refractivity contribution is 7.99. The minimum absolute atomic E-state index is 0.0882. The summed E-state index contributed by atoms with van der Waals surface area (Å²) >= 11 is 1.31. The van der Waals surface area contributed by atoms with E-state index in [2.05, 4.69) is 24.5 Å². The number of rotatable bonds is 9. The van der Waals surface area contributed by atoms with Crippen LogP contribution >= 0.6 is 11.8 Å². The third-order valence-corrected chi connectivity index (χ3v) is 7.75. The lowest BCUT2D eigenvalue weighted by Crippen LogP contribution is -2.30. The normalized spacial score (nSPS) is 12.8. The molecule has 8 heteroatoms. The molecule has 5 rings (SSSR count). The number of hydrogen-bond donors (Lipinski definition) is 2. The van der Waals surface area contributed by atoms with Gasteiger partial charge in [-0.05, 0) is 65.6 Å². The minimum Gasteiger partial charge on any atom is -0.321 e. The maximum atomic E-state index is 13.5. The van der Waals surface area contributed by atoms with Gasteiger partial charge in [0, 0.05) is 16.1 Å². The van der Waals surface area contributed by atoms with Gasteiger partial charge in [0.15, 0.2) is 0 Å². The molecular weight excluding hydrogens is 546 g/mol. The lowest BCUT2D eigenvalue weighted by atomic mass is 10.0. The Balaban J connectivity index is 1.31. The molecule has 1 aliphatic rings. The number of imide groups is 1. The maximum Gasteiger partial charge on any atom is 0.272 e. The summed E-state index contributed by atoms with van der Waals surface area (Å²) < 4.78 is 0. The zero-order valence-corrected chi connectivity index (χ0v) is 24.0. The van der Waals surface area contributed by atoms with Gasteiger partial charge in [0.05, 0.1) is 17.0 Å². The van der Waals surface area contributed by atoms with Crippen LogP contribution in [0.2, 0.25) is 0 Å². The molecule has 0 atom stereocenters. The van der Waals surface area contributed by atoms with Gasteiger partial charge in [0.25, 0.3) is 23.6 Å². The summed E-state index contributed by atoms with van der Waals surface area (Å²) in [5.41, 5.74) is 3.76. The number of amides is 4. The zero-order chi connectivity index (χ0) is 29.6. The number of nitrogens with one attached hydrogen (secondary N) is 2. The number of nitrogens with zero attached hydrogens (tertiary/aromatic N) is 1. The molecule has 7 nitrogen and oxygen atoms in total. The van der Waals surface area contributed by atoms with Gasteiger partial charge in [0.1, 0.15) is 5.70 Å². The van der Waals surface area contributed by atoms with E-state index < -0.39 is 11.8 Å². The van der Waals surface area contributed by atoms with E-state index in [0.717, 1.165) is 10.5 Å². The van der Waals surface area contributed by atoms with Gasteiger partial charge in [-0.25, -0.2) is 0 Å². The van der Waals surface area contributed by atoms with Crippen LogP contribution in [-0.2, 0) is 4.79 Å². The largest absolute Gasteiger partial charge is 0.321 e. The highest BCUT2D eigenvalue weighted by Gasteiger charge is 2.34. The van der Waals surface area contributed by atoms with E-state index in [-0.39, 0.29) is 23.4 Å². The second-order valence-electron chi connectivity index (χ2n) is 10.0. The van der Waals surface area contributed by atoms with Crippen LogP contribution in [0.4, 0.5) is 5.69 Å². The number of carbonyl (C=O) groups is 4. The molecule has 42 heavy (non-hydrogen) atoms. The van der Waals surface area contributed by atoms with Gasteiger partial charge >= 0.3 is 0 Å². The molecule has 4 amide bonds. The summed E-state index contributed by atoms with van der Waals surface area (Å²) in [6.45, 7) is 4.21. The Hall–Kier alpha value is -4.95. The van der Waals surface area contributed by atoms with E-state index in [4.69, 9.17) is 0 Å². The summed E-state index contributed by atoms with van der Waals surface area (Å²) in [5, 5.41) is 5.62. The number of thioether (sulfide) groups is 1. The van der Waals surface area contributed by atoms with E-state index >= 15 is 0 Å². The van der Waals surface area contributed by atoms with Crippen molar-refractivity contribution < 1.29 is 19.2 Å². The average molecular weight is 576 g/mol. The smallest absolute Gasteiger partial charge is 0.272 e. The van der Waals surface area contributed by atoms with Crippen LogP contribution in [-0.4, -0.2) is 34.4 Å². The van der Waals surface area contributed by atoms with Crippen molar-refractivity contribution >= 4 is 47.2 Å². The van der Waals surface area contributed by atoms with Crippen LogP contribution in [0.15, 0.2) is 114 Å². The van der Waals surface area contributed by atoms with Gasteiger partial charge in [-0.15, -0.1) is 11.8 Å². The number of hydrogen-bond acceptors (Lipinski definition) is 5. The highest BCUT2D eigenvalue weighted by atomic mass is 32.2. The van der Waals surface area contributed by atoms with Crippen molar-refractivity contribution in [3.05, 3.63) is 137 Å². The van der Waals surface area contributed by atoms with Crippen molar-refractivity contribution in [2.45, 2.75) is 24.7 Å². The fraction of sp³-hybridized carbons (Fsp3) is 0.118. The Morgan fingerprint density at radius 3 is 2.10 bits per heavy atom. The molecule has 4 aromatic rings. The predicted molar refractivity (Wildman–Crippen MR) is 165 cm³/mol. The van der Waals surface area contributed by atoms with Crippen LogP contribution in [0.3, 0.4) is 0 Å². The van der Waals surface area contributed by atoms with Crippen LogP contribution < -0.4 is 10.6 Å². The van der Waals surface area contributed by atoms with Gasteiger partial charge < -0.3 is 10.6 Å². The van der Waals surface area contributed by atoms with Gasteiger partial charge in [-0.1, -0.05) is 74.5 Å². The Bertz CT molecular complexity index is 1650. The lowest BCUT2D eigenvalue weighted by molar-refractivity contribution is -0.113. The molecular formula is C34H29N3O4S. The number of fused-ring (bicyclic) bond motifs is 1. The van der Waals surface area contributed by atoms with E-state index in [9.17, 15) is 19.2 Å². The van der Waals surface area contributed by atoms with E-state index in [1.807, 2.05) is 36.4 Å². The van der Waals surface area contributed by atoms with E-state index in [1.165, 1.54) is 22.2 Å². The summed E-state index contributed by atoms with van der Waals surface area (Å²) in [6, 6.07) is 30.4. The Morgan fingerprint density at radius 1 is 0.810 bits per heavy atom. The predicted octanol–water partition coefficient (Wildman–Crippen LogP) is 6.57. The van der Waals surface area contributed by atoms with Gasteiger partial charge in [-0.2, -0.15) is 0 Å². The highest BCUT2D eigenvalue weighted by Crippen LogP contribution is 2.28. The molecule has 2 N–H and O–H groups in total. The molecule has 0 fully saturated rings. The topological polar surface area (TPSA) is 95.6 Å². The lowest BCUT2D eigenvalue weighted by Gasteiger charge is -2.14. The van der Waals surface area contributed by atoms with Crippen molar-refractivity contribution in [1.29, 1.82) is 0 Å². The van der Waals surface area contributed by atoms with Crippen molar-refractivity contribution in [3.63, 3.8) is 0 Å². The zero-order valence-electron chi connectivity index (χ0n) is 23.2. The number of anilines is 1. The summed E-state index contributed by atoms with van der Waals surface area (Å²) in [7, 11) is 0. The summed E-state index contributed by atoms with van der Waals surface area (Å²) in [5.74, 6) is -1.04. The maximum absolute atomic E-state index is 13.5. The molecule has 4 aromatic carbocycles. The van der Waals surface area contributed by atoms with Crippen molar-refractivity contribution in [2.24, 2.45) is 0 Å². The van der Waals surface area contributed by atoms with Crippen molar-refractivity contribution in [1.82, 2.24) is 10.2 Å². The first-order valence-corrected chi connectivity index (χ1v) is 14.5. The van der Waals surface area contributed by atoms with Crippen LogP contribution in [0.1, 0.15) is 62.0 Å². The monoisotopic (exact) mass is 575 g/mol. The molecule has 210 valence electrons. The van der Waals surface area contributed by atoms with E-state index in [1.54, 1.807) is 72.8 Å². The summed E-state index contributed by atoms with van der Waals surface area (Å²) in [4.78, 5) is 53.8. The average Bonchev–Trinajstić information content (AvgIpc) is 3.25. The Kier molecular flexibility index (Phi) is 8.64. The minimum atomic E-state index is -0.491. The molecule has 0 aromatic heterocycles. The van der Waals surface area contributed by atoms with Gasteiger partial charge in [-0.3, -0.25) is 24.1 Å². The van der Waals surface area contributed by atoms with Crippen molar-refractivity contribution in [2.75, 3.05) is 11.2 Å². The quantitative estimate of drug-likeness (QED) is 0.134. The Labute approximate surface area is 248 Å². The molecule has 0 spiro atoms. The number of carbonyl (C=O) groups excluding carboxylic acids is 4. The molecule has 1 heterocycles. The fourth-order valence-electron chi connectivity index (χ4n) is 4.44. The van der Waals surface area contributed by atoms with Crippen LogP contribution in [0, 0.1) is 0 Å². The molecule has 0 radical (unpaired) electrons. The summed E-state index contributed by atoms with van der Waals surface area (Å²) in [6.07, 6.45) is 1.64. The molecule has 1 aliphatic heterocycles. The third-order valence-electron chi connectivity index (χ3n) is 6.77. The molecule has 0 aliphatic carbocycles. The first-order valence-electron chi connectivity index (χ1n) is 13.5. The van der Waals surface area contributed by atoms with Crippen molar-refractivity contribution in [3.8, 4) is 0 Å². The van der Waals surface area contributed by atoms with Gasteiger partial charge in [0.2, 0.25) is 0 Å². The molecule has 0 saturated heterocycles. The number of benzene rings is 4. The second-order valence-corrected chi connectivity index (χ2v) is 11.1. The Morgan fingerprint density at radius 2 is 1.45 bits per heavy atom. The SMILES string of the molecule is CC(C)c1ccc(/C=C(/NC(=O)c2ccccc2)C(=O)Nc2cccc(SCN3C(=O)c4ccccc4C3=O)c2)cc1. The molecule has 0 unspecified atom stereocenters.